The molecule has 0 bridgehead atoms. The number of nitrogens with zero attached hydrogens (tertiary/aromatic N) is 1. The van der Waals surface area contributed by atoms with Crippen LogP contribution in [0.5, 0.6) is 0 Å². The van der Waals surface area contributed by atoms with Crippen molar-refractivity contribution in [2.75, 3.05) is 26.0 Å². The summed E-state index contributed by atoms with van der Waals surface area (Å²) < 4.78 is 0. The van der Waals surface area contributed by atoms with Crippen molar-refractivity contribution >= 4 is 23.5 Å². The highest BCUT2D eigenvalue weighted by atomic mass is 16.1. The second kappa shape index (κ2) is 8.06. The van der Waals surface area contributed by atoms with Crippen LogP contribution in [0.4, 0.5) is 5.69 Å². The SMILES string of the molecule is CN(C)CC(=O)c1cccc(NC(=O)/C=C/c2ccccc2)c1. The Bertz CT molecular complexity index is 706. The first kappa shape index (κ1) is 16.6. The highest BCUT2D eigenvalue weighted by Gasteiger charge is 2.08. The number of likely N-dealkylation sites (N-methyl/N-ethyl adjacent to an activating group) is 1. The molecule has 2 aromatic carbocycles. The highest BCUT2D eigenvalue weighted by molar-refractivity contribution is 6.03. The Morgan fingerprint density at radius 3 is 2.48 bits per heavy atom. The number of hydrogen-bond donors (Lipinski definition) is 1. The van der Waals surface area contributed by atoms with Gasteiger partial charge >= 0.3 is 0 Å². The molecule has 0 aliphatic rings. The van der Waals surface area contributed by atoms with Crippen LogP contribution in [0.1, 0.15) is 15.9 Å². The van der Waals surface area contributed by atoms with E-state index in [0.717, 1.165) is 5.56 Å². The molecule has 0 unspecified atom stereocenters. The Kier molecular flexibility index (Phi) is 5.83. The molecule has 4 nitrogen and oxygen atoms in total. The smallest absolute Gasteiger partial charge is 0.248 e. The van der Waals surface area contributed by atoms with Gasteiger partial charge in [-0.15, -0.1) is 0 Å². The van der Waals surface area contributed by atoms with E-state index in [-0.39, 0.29) is 11.7 Å². The molecule has 0 heterocycles. The maximum Gasteiger partial charge on any atom is 0.248 e. The van der Waals surface area contributed by atoms with E-state index in [4.69, 9.17) is 0 Å². The number of nitrogens with one attached hydrogen (secondary N) is 1. The number of Topliss-reactive ketones (excluding diaryl/α,β-unsaturated/α-hetero) is 1. The molecule has 23 heavy (non-hydrogen) atoms. The summed E-state index contributed by atoms with van der Waals surface area (Å²) in [6, 6.07) is 16.6. The van der Waals surface area contributed by atoms with E-state index in [1.54, 1.807) is 30.3 Å². The minimum Gasteiger partial charge on any atom is -0.322 e. The second-order valence-electron chi connectivity index (χ2n) is 5.48. The minimum atomic E-state index is -0.230. The van der Waals surface area contributed by atoms with E-state index in [0.29, 0.717) is 17.8 Å². The van der Waals surface area contributed by atoms with Gasteiger partial charge in [0.05, 0.1) is 6.54 Å². The van der Waals surface area contributed by atoms with Crippen LogP contribution in [-0.4, -0.2) is 37.2 Å². The van der Waals surface area contributed by atoms with Crippen LogP contribution in [0.25, 0.3) is 6.08 Å². The Balaban J connectivity index is 2.01. The summed E-state index contributed by atoms with van der Waals surface area (Å²) in [7, 11) is 3.69. The number of hydrogen-bond acceptors (Lipinski definition) is 3. The van der Waals surface area contributed by atoms with Crippen LogP contribution in [0.2, 0.25) is 0 Å². The number of anilines is 1. The van der Waals surface area contributed by atoms with Gasteiger partial charge in [-0.05, 0) is 37.9 Å². The van der Waals surface area contributed by atoms with Crippen LogP contribution in [0.15, 0.2) is 60.7 Å². The van der Waals surface area contributed by atoms with Crippen LogP contribution < -0.4 is 5.32 Å². The van der Waals surface area contributed by atoms with E-state index in [1.807, 2.05) is 49.3 Å². The molecule has 4 heteroatoms. The predicted octanol–water partition coefficient (Wildman–Crippen LogP) is 3.08. The number of ketones is 1. The molecular formula is C19H20N2O2. The van der Waals surface area contributed by atoms with Crippen molar-refractivity contribution in [2.24, 2.45) is 0 Å². The topological polar surface area (TPSA) is 49.4 Å². The molecule has 1 amide bonds. The number of benzene rings is 2. The zero-order valence-electron chi connectivity index (χ0n) is 13.3. The largest absolute Gasteiger partial charge is 0.322 e. The zero-order valence-corrected chi connectivity index (χ0v) is 13.3. The molecule has 0 spiro atoms. The van der Waals surface area contributed by atoms with Gasteiger partial charge in [-0.1, -0.05) is 42.5 Å². The van der Waals surface area contributed by atoms with Gasteiger partial charge in [-0.3, -0.25) is 9.59 Å². The lowest BCUT2D eigenvalue weighted by atomic mass is 10.1. The van der Waals surface area contributed by atoms with Gasteiger partial charge in [0.1, 0.15) is 0 Å². The van der Waals surface area contributed by atoms with Gasteiger partial charge in [0, 0.05) is 17.3 Å². The van der Waals surface area contributed by atoms with Crippen molar-refractivity contribution in [1.29, 1.82) is 0 Å². The molecule has 0 aromatic heterocycles. The Hall–Kier alpha value is -2.72. The maximum atomic E-state index is 12.0. The quantitative estimate of drug-likeness (QED) is 0.659. The van der Waals surface area contributed by atoms with Crippen LogP contribution >= 0.6 is 0 Å². The first-order chi connectivity index (χ1) is 11.0. The van der Waals surface area contributed by atoms with Gasteiger partial charge in [0.25, 0.3) is 0 Å². The first-order valence-electron chi connectivity index (χ1n) is 7.37. The Morgan fingerprint density at radius 2 is 1.78 bits per heavy atom. The van der Waals surface area contributed by atoms with E-state index >= 15 is 0 Å². The van der Waals surface area contributed by atoms with Crippen LogP contribution in [0.3, 0.4) is 0 Å². The normalized spacial score (nSPS) is 10.9. The third kappa shape index (κ3) is 5.52. The molecule has 2 aromatic rings. The van der Waals surface area contributed by atoms with Crippen molar-refractivity contribution in [3.8, 4) is 0 Å². The van der Waals surface area contributed by atoms with E-state index in [9.17, 15) is 9.59 Å². The van der Waals surface area contributed by atoms with Gasteiger partial charge in [0.15, 0.2) is 5.78 Å². The molecule has 0 saturated heterocycles. The molecule has 0 fully saturated rings. The lowest BCUT2D eigenvalue weighted by Gasteiger charge is -2.09. The molecule has 0 radical (unpaired) electrons. The lowest BCUT2D eigenvalue weighted by molar-refractivity contribution is -0.111. The average Bonchev–Trinajstić information content (AvgIpc) is 2.53. The molecule has 1 N–H and O–H groups in total. The molecule has 2 rings (SSSR count). The van der Waals surface area contributed by atoms with Crippen molar-refractivity contribution in [1.82, 2.24) is 4.90 Å². The number of rotatable bonds is 6. The summed E-state index contributed by atoms with van der Waals surface area (Å²) in [5.74, 6) is -0.211. The molecule has 0 aliphatic heterocycles. The van der Waals surface area contributed by atoms with Crippen molar-refractivity contribution in [3.63, 3.8) is 0 Å². The van der Waals surface area contributed by atoms with Gasteiger partial charge in [-0.2, -0.15) is 0 Å². The third-order valence-electron chi connectivity index (χ3n) is 3.14. The fourth-order valence-electron chi connectivity index (χ4n) is 2.07. The van der Waals surface area contributed by atoms with Crippen LogP contribution in [0, 0.1) is 0 Å². The number of carbonyl (C=O) groups is 2. The molecule has 118 valence electrons. The monoisotopic (exact) mass is 308 g/mol. The minimum absolute atomic E-state index is 0.0194. The third-order valence-corrected chi connectivity index (χ3v) is 3.14. The summed E-state index contributed by atoms with van der Waals surface area (Å²) in [4.78, 5) is 25.8. The molecule has 0 atom stereocenters. The number of carbonyl (C=O) groups excluding carboxylic acids is 2. The van der Waals surface area contributed by atoms with Gasteiger partial charge in [-0.25, -0.2) is 0 Å². The lowest BCUT2D eigenvalue weighted by Crippen LogP contribution is -2.21. The Labute approximate surface area is 136 Å². The average molecular weight is 308 g/mol. The zero-order chi connectivity index (χ0) is 16.7. The van der Waals surface area contributed by atoms with E-state index in [2.05, 4.69) is 5.32 Å². The van der Waals surface area contributed by atoms with Gasteiger partial charge < -0.3 is 10.2 Å². The summed E-state index contributed by atoms with van der Waals surface area (Å²) in [5.41, 5.74) is 2.15. The van der Waals surface area contributed by atoms with E-state index < -0.39 is 0 Å². The molecule has 0 saturated carbocycles. The summed E-state index contributed by atoms with van der Waals surface area (Å²) >= 11 is 0. The summed E-state index contributed by atoms with van der Waals surface area (Å²) in [5, 5.41) is 2.77. The molecular weight excluding hydrogens is 288 g/mol. The van der Waals surface area contributed by atoms with Crippen molar-refractivity contribution < 1.29 is 9.59 Å². The second-order valence-corrected chi connectivity index (χ2v) is 5.48. The highest BCUT2D eigenvalue weighted by Crippen LogP contribution is 2.12. The standard InChI is InChI=1S/C19H20N2O2/c1-21(2)14-18(22)16-9-6-10-17(13-16)20-19(23)12-11-15-7-4-3-5-8-15/h3-13H,14H2,1-2H3,(H,20,23)/b12-11+. The summed E-state index contributed by atoms with van der Waals surface area (Å²) in [6.07, 6.45) is 3.22. The maximum absolute atomic E-state index is 12.0. The Morgan fingerprint density at radius 1 is 1.04 bits per heavy atom. The number of amides is 1. The van der Waals surface area contributed by atoms with Crippen molar-refractivity contribution in [3.05, 3.63) is 71.8 Å². The van der Waals surface area contributed by atoms with Crippen molar-refractivity contribution in [2.45, 2.75) is 0 Å². The fraction of sp³-hybridized carbons (Fsp3) is 0.158. The predicted molar refractivity (Wildman–Crippen MR) is 93.4 cm³/mol. The fourth-order valence-corrected chi connectivity index (χ4v) is 2.07. The van der Waals surface area contributed by atoms with Crippen LogP contribution in [-0.2, 0) is 4.79 Å². The van der Waals surface area contributed by atoms with E-state index in [1.165, 1.54) is 6.08 Å². The van der Waals surface area contributed by atoms with Gasteiger partial charge in [0.2, 0.25) is 5.91 Å². The summed E-state index contributed by atoms with van der Waals surface area (Å²) in [6.45, 7) is 0.339. The first-order valence-corrected chi connectivity index (χ1v) is 7.37. The molecule has 0 aliphatic carbocycles.